The molecule has 94 valence electrons. The van der Waals surface area contributed by atoms with Crippen molar-refractivity contribution in [2.75, 3.05) is 5.73 Å². The number of halogens is 2. The van der Waals surface area contributed by atoms with Gasteiger partial charge in [0, 0.05) is 12.1 Å². The van der Waals surface area contributed by atoms with E-state index < -0.39 is 5.82 Å². The zero-order valence-electron chi connectivity index (χ0n) is 9.95. The monoisotopic (exact) mass is 265 g/mol. The summed E-state index contributed by atoms with van der Waals surface area (Å²) in [6.07, 6.45) is 1.74. The standard InChI is InChI=1S/C13H13ClFN3/c1-3-6-18-8(2)17-12(13(18)16)9-4-5-11(15)10(14)7-9/h3-5,7H,1,6,16H2,2H3. The van der Waals surface area contributed by atoms with Gasteiger partial charge in [-0.25, -0.2) is 9.37 Å². The molecule has 1 heterocycles. The fraction of sp³-hybridized carbons (Fsp3) is 0.154. The molecule has 0 aliphatic heterocycles. The van der Waals surface area contributed by atoms with E-state index in [1.165, 1.54) is 12.1 Å². The molecule has 18 heavy (non-hydrogen) atoms. The minimum Gasteiger partial charge on any atom is -0.383 e. The summed E-state index contributed by atoms with van der Waals surface area (Å²) in [5, 5.41) is 0.0582. The third kappa shape index (κ3) is 2.11. The van der Waals surface area contributed by atoms with E-state index in [0.717, 1.165) is 5.82 Å². The minimum absolute atomic E-state index is 0.0582. The van der Waals surface area contributed by atoms with Crippen molar-refractivity contribution in [1.29, 1.82) is 0 Å². The topological polar surface area (TPSA) is 43.8 Å². The molecular weight excluding hydrogens is 253 g/mol. The van der Waals surface area contributed by atoms with Crippen LogP contribution in [0.15, 0.2) is 30.9 Å². The van der Waals surface area contributed by atoms with Crippen LogP contribution in [0.5, 0.6) is 0 Å². The molecular formula is C13H13ClFN3. The summed E-state index contributed by atoms with van der Waals surface area (Å²) < 4.78 is 15.0. The Labute approximate surface area is 110 Å². The van der Waals surface area contributed by atoms with Gasteiger partial charge >= 0.3 is 0 Å². The van der Waals surface area contributed by atoms with Crippen molar-refractivity contribution < 1.29 is 4.39 Å². The predicted octanol–water partition coefficient (Wildman–Crippen LogP) is 3.42. The summed E-state index contributed by atoms with van der Waals surface area (Å²) in [6.45, 7) is 6.11. The highest BCUT2D eigenvalue weighted by Gasteiger charge is 2.14. The summed E-state index contributed by atoms with van der Waals surface area (Å²) in [5.41, 5.74) is 7.33. The molecule has 1 aromatic carbocycles. The summed E-state index contributed by atoms with van der Waals surface area (Å²) >= 11 is 5.76. The molecule has 0 saturated heterocycles. The Balaban J connectivity index is 2.54. The lowest BCUT2D eigenvalue weighted by molar-refractivity contribution is 0.628. The molecule has 0 radical (unpaired) electrons. The zero-order valence-corrected chi connectivity index (χ0v) is 10.7. The van der Waals surface area contributed by atoms with Gasteiger partial charge in [-0.3, -0.25) is 0 Å². The van der Waals surface area contributed by atoms with Gasteiger partial charge in [-0.1, -0.05) is 17.7 Å². The molecule has 0 bridgehead atoms. The Kier molecular flexibility index (Phi) is 3.39. The highest BCUT2D eigenvalue weighted by Crippen LogP contribution is 2.29. The Morgan fingerprint density at radius 2 is 2.28 bits per heavy atom. The molecule has 0 aliphatic rings. The second kappa shape index (κ2) is 4.82. The molecule has 0 fully saturated rings. The third-order valence-electron chi connectivity index (χ3n) is 2.70. The van der Waals surface area contributed by atoms with E-state index in [2.05, 4.69) is 11.6 Å². The van der Waals surface area contributed by atoms with Gasteiger partial charge in [-0.05, 0) is 25.1 Å². The fourth-order valence-corrected chi connectivity index (χ4v) is 1.98. The van der Waals surface area contributed by atoms with Crippen LogP contribution >= 0.6 is 11.6 Å². The lowest BCUT2D eigenvalue weighted by Crippen LogP contribution is -2.03. The molecule has 0 spiro atoms. The number of nitrogen functional groups attached to an aromatic ring is 1. The molecule has 3 nitrogen and oxygen atoms in total. The Morgan fingerprint density at radius 1 is 1.56 bits per heavy atom. The van der Waals surface area contributed by atoms with Crippen LogP contribution in [0.2, 0.25) is 5.02 Å². The summed E-state index contributed by atoms with van der Waals surface area (Å²) in [7, 11) is 0. The van der Waals surface area contributed by atoms with Crippen molar-refractivity contribution in [3.05, 3.63) is 47.5 Å². The number of nitrogens with zero attached hydrogens (tertiary/aromatic N) is 2. The Hall–Kier alpha value is -1.81. The molecule has 0 amide bonds. The van der Waals surface area contributed by atoms with Crippen LogP contribution in [0.4, 0.5) is 10.2 Å². The Morgan fingerprint density at radius 3 is 2.89 bits per heavy atom. The van der Waals surface area contributed by atoms with Gasteiger partial charge in [0.25, 0.3) is 0 Å². The van der Waals surface area contributed by atoms with E-state index >= 15 is 0 Å². The van der Waals surface area contributed by atoms with Crippen LogP contribution in [0.1, 0.15) is 5.82 Å². The van der Waals surface area contributed by atoms with E-state index in [4.69, 9.17) is 17.3 Å². The Bertz CT molecular complexity index is 605. The van der Waals surface area contributed by atoms with Crippen LogP contribution in [0, 0.1) is 12.7 Å². The SMILES string of the molecule is C=CCn1c(C)nc(-c2ccc(F)c(Cl)c2)c1N. The lowest BCUT2D eigenvalue weighted by Gasteiger charge is -2.04. The smallest absolute Gasteiger partial charge is 0.141 e. The van der Waals surface area contributed by atoms with Crippen molar-refractivity contribution in [3.63, 3.8) is 0 Å². The third-order valence-corrected chi connectivity index (χ3v) is 2.99. The van der Waals surface area contributed by atoms with Crippen molar-refractivity contribution in [2.24, 2.45) is 0 Å². The number of anilines is 1. The molecule has 0 unspecified atom stereocenters. The highest BCUT2D eigenvalue weighted by molar-refractivity contribution is 6.31. The average molecular weight is 266 g/mol. The number of hydrogen-bond donors (Lipinski definition) is 1. The number of aryl methyl sites for hydroxylation is 1. The zero-order chi connectivity index (χ0) is 13.3. The first-order valence-electron chi connectivity index (χ1n) is 5.43. The van der Waals surface area contributed by atoms with E-state index in [-0.39, 0.29) is 5.02 Å². The van der Waals surface area contributed by atoms with E-state index in [1.54, 1.807) is 12.1 Å². The van der Waals surface area contributed by atoms with Gasteiger partial charge < -0.3 is 10.3 Å². The number of imidazole rings is 1. The van der Waals surface area contributed by atoms with Crippen molar-refractivity contribution >= 4 is 17.4 Å². The first kappa shape index (κ1) is 12.6. The maximum absolute atomic E-state index is 13.1. The molecule has 2 N–H and O–H groups in total. The minimum atomic E-state index is -0.457. The molecule has 0 atom stereocenters. The van der Waals surface area contributed by atoms with Crippen molar-refractivity contribution in [1.82, 2.24) is 9.55 Å². The molecule has 0 saturated carbocycles. The number of nitrogens with two attached hydrogens (primary N) is 1. The summed E-state index contributed by atoms with van der Waals surface area (Å²) in [4.78, 5) is 4.38. The predicted molar refractivity (Wildman–Crippen MR) is 72.0 cm³/mol. The van der Waals surface area contributed by atoms with Crippen LogP contribution in [-0.4, -0.2) is 9.55 Å². The molecule has 2 rings (SSSR count). The number of aromatic nitrogens is 2. The van der Waals surface area contributed by atoms with Gasteiger partial charge in [0.05, 0.1) is 5.02 Å². The number of benzene rings is 1. The van der Waals surface area contributed by atoms with Gasteiger partial charge in [-0.15, -0.1) is 6.58 Å². The second-order valence-electron chi connectivity index (χ2n) is 3.92. The summed E-state index contributed by atoms with van der Waals surface area (Å²) in [5.74, 6) is 0.846. The average Bonchev–Trinajstić information content (AvgIpc) is 2.61. The van der Waals surface area contributed by atoms with Crippen LogP contribution in [0.3, 0.4) is 0 Å². The van der Waals surface area contributed by atoms with Gasteiger partial charge in [0.15, 0.2) is 0 Å². The van der Waals surface area contributed by atoms with Crippen molar-refractivity contribution in [3.8, 4) is 11.3 Å². The lowest BCUT2D eigenvalue weighted by atomic mass is 10.1. The van der Waals surface area contributed by atoms with Gasteiger partial charge in [0.1, 0.15) is 23.2 Å². The highest BCUT2D eigenvalue weighted by atomic mass is 35.5. The van der Waals surface area contributed by atoms with Crippen LogP contribution < -0.4 is 5.73 Å². The van der Waals surface area contributed by atoms with E-state index in [1.807, 2.05) is 11.5 Å². The summed E-state index contributed by atoms with van der Waals surface area (Å²) in [6, 6.07) is 4.43. The first-order valence-corrected chi connectivity index (χ1v) is 5.81. The quantitative estimate of drug-likeness (QED) is 0.864. The van der Waals surface area contributed by atoms with Gasteiger partial charge in [0.2, 0.25) is 0 Å². The maximum Gasteiger partial charge on any atom is 0.141 e. The molecule has 1 aromatic heterocycles. The number of hydrogen-bond acceptors (Lipinski definition) is 2. The normalized spacial score (nSPS) is 10.6. The first-order chi connectivity index (χ1) is 8.54. The molecule has 0 aliphatic carbocycles. The van der Waals surface area contributed by atoms with Gasteiger partial charge in [-0.2, -0.15) is 0 Å². The molecule has 2 aromatic rings. The molecule has 5 heteroatoms. The van der Waals surface area contributed by atoms with E-state index in [9.17, 15) is 4.39 Å². The van der Waals surface area contributed by atoms with E-state index in [0.29, 0.717) is 23.6 Å². The van der Waals surface area contributed by atoms with Crippen LogP contribution in [0.25, 0.3) is 11.3 Å². The maximum atomic E-state index is 13.1. The number of rotatable bonds is 3. The largest absolute Gasteiger partial charge is 0.383 e. The fourth-order valence-electron chi connectivity index (χ4n) is 1.80. The second-order valence-corrected chi connectivity index (χ2v) is 4.33. The van der Waals surface area contributed by atoms with Crippen LogP contribution in [-0.2, 0) is 6.54 Å². The number of allylic oxidation sites excluding steroid dienone is 1. The van der Waals surface area contributed by atoms with Crippen molar-refractivity contribution in [2.45, 2.75) is 13.5 Å².